The second-order valence-electron chi connectivity index (χ2n) is 3.35. The zero-order valence-corrected chi connectivity index (χ0v) is 10.0. The molecule has 0 spiro atoms. The molecule has 0 aliphatic rings. The van der Waals surface area contributed by atoms with Gasteiger partial charge in [-0.05, 0) is 25.0 Å². The zero-order chi connectivity index (χ0) is 12.3. The van der Waals surface area contributed by atoms with Gasteiger partial charge in [0.2, 0.25) is 0 Å². The molecule has 1 rings (SSSR count). The van der Waals surface area contributed by atoms with E-state index in [0.29, 0.717) is 23.4 Å². The fourth-order valence-corrected chi connectivity index (χ4v) is 1.77. The van der Waals surface area contributed by atoms with Crippen LogP contribution in [0.25, 0.3) is 0 Å². The van der Waals surface area contributed by atoms with E-state index in [-0.39, 0.29) is 16.5 Å². The van der Waals surface area contributed by atoms with E-state index < -0.39 is 4.92 Å². The Hall–Kier alpha value is -1.13. The molecule has 86 valence electrons. The molecule has 16 heavy (non-hydrogen) atoms. The minimum absolute atomic E-state index is 0.00146. The Labute approximate surface area is 102 Å². The van der Waals surface area contributed by atoms with Gasteiger partial charge >= 0.3 is 0 Å². The molecule has 0 unspecified atom stereocenters. The fraction of sp³-hybridized carbons (Fsp3) is 0.300. The second-order valence-corrected chi connectivity index (χ2v) is 4.17. The molecule has 0 aliphatic heterocycles. The van der Waals surface area contributed by atoms with Crippen molar-refractivity contribution in [1.29, 1.82) is 0 Å². The summed E-state index contributed by atoms with van der Waals surface area (Å²) in [4.78, 5) is 20.9. The SMILES string of the molecule is CC(=O)CCc1cc([N+](=O)[O-])c(Cl)cc1Cl. The molecule has 0 saturated carbocycles. The van der Waals surface area contributed by atoms with E-state index in [1.807, 2.05) is 0 Å². The minimum Gasteiger partial charge on any atom is -0.300 e. The van der Waals surface area contributed by atoms with Gasteiger partial charge in [0, 0.05) is 17.5 Å². The monoisotopic (exact) mass is 261 g/mol. The highest BCUT2D eigenvalue weighted by Crippen LogP contribution is 2.31. The van der Waals surface area contributed by atoms with Crippen LogP contribution in [0, 0.1) is 10.1 Å². The summed E-state index contributed by atoms with van der Waals surface area (Å²) in [7, 11) is 0. The van der Waals surface area contributed by atoms with Crippen molar-refractivity contribution < 1.29 is 9.72 Å². The van der Waals surface area contributed by atoms with E-state index in [9.17, 15) is 14.9 Å². The number of benzene rings is 1. The first kappa shape index (κ1) is 12.9. The lowest BCUT2D eigenvalue weighted by Gasteiger charge is -2.04. The number of ketones is 1. The van der Waals surface area contributed by atoms with Crippen molar-refractivity contribution in [2.24, 2.45) is 0 Å². The van der Waals surface area contributed by atoms with Crippen LogP contribution in [0.3, 0.4) is 0 Å². The Morgan fingerprint density at radius 3 is 2.50 bits per heavy atom. The van der Waals surface area contributed by atoms with Gasteiger partial charge < -0.3 is 4.79 Å². The largest absolute Gasteiger partial charge is 0.300 e. The molecule has 4 nitrogen and oxygen atoms in total. The highest BCUT2D eigenvalue weighted by molar-refractivity contribution is 6.36. The number of rotatable bonds is 4. The highest BCUT2D eigenvalue weighted by Gasteiger charge is 2.16. The summed E-state index contributed by atoms with van der Waals surface area (Å²) < 4.78 is 0. The summed E-state index contributed by atoms with van der Waals surface area (Å²) >= 11 is 11.5. The maximum absolute atomic E-state index is 10.8. The summed E-state index contributed by atoms with van der Waals surface area (Å²) in [5, 5.41) is 11.0. The van der Waals surface area contributed by atoms with E-state index in [1.165, 1.54) is 19.1 Å². The number of hydrogen-bond donors (Lipinski definition) is 0. The van der Waals surface area contributed by atoms with E-state index in [1.54, 1.807) is 0 Å². The Balaban J connectivity index is 3.05. The lowest BCUT2D eigenvalue weighted by atomic mass is 10.1. The number of nitro groups is 1. The minimum atomic E-state index is -0.573. The molecule has 0 fully saturated rings. The fourth-order valence-electron chi connectivity index (χ4n) is 1.22. The van der Waals surface area contributed by atoms with Gasteiger partial charge in [-0.15, -0.1) is 0 Å². The summed E-state index contributed by atoms with van der Waals surface area (Å²) in [6.07, 6.45) is 0.685. The average Bonchev–Trinajstić information content (AvgIpc) is 2.15. The third-order valence-corrected chi connectivity index (χ3v) is 2.71. The lowest BCUT2D eigenvalue weighted by molar-refractivity contribution is -0.384. The Morgan fingerprint density at radius 1 is 1.38 bits per heavy atom. The first-order valence-corrected chi connectivity index (χ1v) is 5.29. The van der Waals surface area contributed by atoms with Gasteiger partial charge in [0.25, 0.3) is 5.69 Å². The van der Waals surface area contributed by atoms with Gasteiger partial charge in [0.15, 0.2) is 0 Å². The predicted octanol–water partition coefficient (Wildman–Crippen LogP) is 3.42. The van der Waals surface area contributed by atoms with Crippen LogP contribution in [-0.2, 0) is 11.2 Å². The standard InChI is InChI=1S/C10H9Cl2NO3/c1-6(14)2-3-7-4-10(13(15)16)9(12)5-8(7)11/h4-5H,2-3H2,1H3. The van der Waals surface area contributed by atoms with Gasteiger partial charge in [-0.2, -0.15) is 0 Å². The number of carbonyl (C=O) groups is 1. The van der Waals surface area contributed by atoms with Crippen molar-refractivity contribution in [3.63, 3.8) is 0 Å². The Bertz CT molecular complexity index is 446. The lowest BCUT2D eigenvalue weighted by Crippen LogP contribution is -1.97. The van der Waals surface area contributed by atoms with Crippen LogP contribution in [-0.4, -0.2) is 10.7 Å². The van der Waals surface area contributed by atoms with E-state index in [4.69, 9.17) is 23.2 Å². The first-order chi connectivity index (χ1) is 7.41. The van der Waals surface area contributed by atoms with Gasteiger partial charge in [-0.1, -0.05) is 23.2 Å². The maximum atomic E-state index is 10.8. The number of nitrogens with zero attached hydrogens (tertiary/aromatic N) is 1. The van der Waals surface area contributed by atoms with Crippen LogP contribution in [0.1, 0.15) is 18.9 Å². The number of nitro benzene ring substituents is 1. The molecule has 0 heterocycles. The smallest absolute Gasteiger partial charge is 0.288 e. The molecular formula is C10H9Cl2NO3. The molecule has 0 N–H and O–H groups in total. The van der Waals surface area contributed by atoms with Crippen LogP contribution >= 0.6 is 23.2 Å². The van der Waals surface area contributed by atoms with Crippen molar-refractivity contribution in [2.75, 3.05) is 0 Å². The van der Waals surface area contributed by atoms with Gasteiger partial charge in [-0.25, -0.2) is 0 Å². The van der Waals surface area contributed by atoms with Crippen LogP contribution < -0.4 is 0 Å². The molecule has 6 heteroatoms. The topological polar surface area (TPSA) is 60.2 Å². The molecule has 0 atom stereocenters. The second kappa shape index (κ2) is 5.27. The van der Waals surface area contributed by atoms with Crippen LogP contribution in [0.2, 0.25) is 10.0 Å². The summed E-state index contributed by atoms with van der Waals surface area (Å²) in [5.41, 5.74) is 0.373. The average molecular weight is 262 g/mol. The third-order valence-electron chi connectivity index (χ3n) is 2.06. The van der Waals surface area contributed by atoms with Crippen molar-refractivity contribution >= 4 is 34.7 Å². The summed E-state index contributed by atoms with van der Waals surface area (Å²) in [6, 6.07) is 2.64. The van der Waals surface area contributed by atoms with E-state index in [0.717, 1.165) is 0 Å². The van der Waals surface area contributed by atoms with Crippen molar-refractivity contribution in [3.8, 4) is 0 Å². The Morgan fingerprint density at radius 2 is 2.00 bits per heavy atom. The summed E-state index contributed by atoms with van der Waals surface area (Å²) in [6.45, 7) is 1.46. The molecule has 0 radical (unpaired) electrons. The number of carbonyl (C=O) groups excluding carboxylic acids is 1. The van der Waals surface area contributed by atoms with Gasteiger partial charge in [-0.3, -0.25) is 10.1 Å². The molecule has 1 aromatic rings. The third kappa shape index (κ3) is 3.18. The number of aryl methyl sites for hydroxylation is 1. The molecule has 1 aromatic carbocycles. The van der Waals surface area contributed by atoms with Crippen LogP contribution in [0.4, 0.5) is 5.69 Å². The van der Waals surface area contributed by atoms with Crippen molar-refractivity contribution in [2.45, 2.75) is 19.8 Å². The van der Waals surface area contributed by atoms with Crippen molar-refractivity contribution in [3.05, 3.63) is 37.9 Å². The number of halogens is 2. The van der Waals surface area contributed by atoms with E-state index in [2.05, 4.69) is 0 Å². The quantitative estimate of drug-likeness (QED) is 0.616. The number of hydrogen-bond acceptors (Lipinski definition) is 3. The van der Waals surface area contributed by atoms with Gasteiger partial charge in [0.1, 0.15) is 10.8 Å². The zero-order valence-electron chi connectivity index (χ0n) is 8.50. The maximum Gasteiger partial charge on any atom is 0.288 e. The molecular weight excluding hydrogens is 253 g/mol. The molecule has 0 aromatic heterocycles. The van der Waals surface area contributed by atoms with E-state index >= 15 is 0 Å². The number of Topliss-reactive ketones (excluding diaryl/α,β-unsaturated/α-hetero) is 1. The molecule has 0 aliphatic carbocycles. The van der Waals surface area contributed by atoms with Gasteiger partial charge in [0.05, 0.1) is 4.92 Å². The normalized spacial score (nSPS) is 10.2. The first-order valence-electron chi connectivity index (χ1n) is 4.53. The molecule has 0 bridgehead atoms. The van der Waals surface area contributed by atoms with Crippen LogP contribution in [0.15, 0.2) is 12.1 Å². The van der Waals surface area contributed by atoms with Crippen molar-refractivity contribution in [1.82, 2.24) is 0 Å². The predicted molar refractivity (Wildman–Crippen MR) is 62.1 cm³/mol. The van der Waals surface area contributed by atoms with Crippen LogP contribution in [0.5, 0.6) is 0 Å². The molecule has 0 saturated heterocycles. The Kier molecular flexibility index (Phi) is 4.26. The highest BCUT2D eigenvalue weighted by atomic mass is 35.5. The molecule has 0 amide bonds. The summed E-state index contributed by atoms with van der Waals surface area (Å²) in [5.74, 6) is 0.00803.